The topological polar surface area (TPSA) is 170 Å². The van der Waals surface area contributed by atoms with Gasteiger partial charge < -0.3 is 39.1 Å². The molecule has 44 heavy (non-hydrogen) atoms. The lowest BCUT2D eigenvalue weighted by molar-refractivity contribution is -0.136. The number of nitrogens with zero attached hydrogens (tertiary/aromatic N) is 1. The largest absolute Gasteiger partial charge is 0.490 e. The molecule has 0 fully saturated rings. The van der Waals surface area contributed by atoms with Crippen molar-refractivity contribution in [2.45, 2.75) is 26.1 Å². The molecule has 1 aliphatic rings. The summed E-state index contributed by atoms with van der Waals surface area (Å²) < 4.78 is 26.8. The van der Waals surface area contributed by atoms with Gasteiger partial charge in [-0.05, 0) is 55.8 Å². The molecule has 1 aromatic heterocycles. The zero-order valence-corrected chi connectivity index (χ0v) is 25.1. The van der Waals surface area contributed by atoms with Crippen LogP contribution in [0.25, 0.3) is 11.3 Å². The van der Waals surface area contributed by atoms with Crippen LogP contribution in [0.4, 0.5) is 4.79 Å². The summed E-state index contributed by atoms with van der Waals surface area (Å²) in [4.78, 5) is 36.3. The van der Waals surface area contributed by atoms with Gasteiger partial charge >= 0.3 is 18.0 Å². The molecular formula is C30H31ClN4O9. The van der Waals surface area contributed by atoms with Crippen LogP contribution in [-0.2, 0) is 14.3 Å². The highest BCUT2D eigenvalue weighted by molar-refractivity contribution is 6.33. The summed E-state index contributed by atoms with van der Waals surface area (Å²) in [5, 5.41) is 19.9. The predicted octanol–water partition coefficient (Wildman–Crippen LogP) is 3.91. The van der Waals surface area contributed by atoms with Crippen molar-refractivity contribution in [3.05, 3.63) is 81.7 Å². The molecule has 2 aromatic carbocycles. The Labute approximate surface area is 257 Å². The van der Waals surface area contributed by atoms with Crippen LogP contribution in [0.15, 0.2) is 69.3 Å². The monoisotopic (exact) mass is 626 g/mol. The molecule has 0 unspecified atom stereocenters. The maximum atomic E-state index is 12.4. The zero-order chi connectivity index (χ0) is 31.8. The van der Waals surface area contributed by atoms with E-state index in [9.17, 15) is 19.5 Å². The Balaban J connectivity index is 1.38. The fraction of sp³-hybridized carbons (Fsp3) is 0.267. The van der Waals surface area contributed by atoms with E-state index >= 15 is 0 Å². The Morgan fingerprint density at radius 3 is 2.57 bits per heavy atom. The van der Waals surface area contributed by atoms with Gasteiger partial charge in [-0.15, -0.1) is 0 Å². The third kappa shape index (κ3) is 7.49. The molecule has 13 nitrogen and oxygen atoms in total. The minimum atomic E-state index is -1.19. The predicted molar refractivity (Wildman–Crippen MR) is 159 cm³/mol. The number of carbonyl (C=O) groups is 3. The number of hydrogen-bond donors (Lipinski definition) is 4. The number of hydrazone groups is 1. The number of aliphatic hydroxyl groups excluding tert-OH is 1. The highest BCUT2D eigenvalue weighted by Gasteiger charge is 2.32. The molecule has 0 radical (unpaired) electrons. The van der Waals surface area contributed by atoms with Crippen molar-refractivity contribution in [3.63, 3.8) is 0 Å². The second-order valence-corrected chi connectivity index (χ2v) is 9.71. The van der Waals surface area contributed by atoms with E-state index in [2.05, 4.69) is 21.2 Å². The van der Waals surface area contributed by atoms with Crippen LogP contribution in [0, 0.1) is 0 Å². The Morgan fingerprint density at radius 1 is 1.09 bits per heavy atom. The van der Waals surface area contributed by atoms with Gasteiger partial charge in [0.1, 0.15) is 18.1 Å². The first-order valence-electron chi connectivity index (χ1n) is 13.4. The lowest BCUT2D eigenvalue weighted by atomic mass is 9.95. The maximum Gasteiger partial charge on any atom is 0.339 e. The van der Waals surface area contributed by atoms with Gasteiger partial charge in [-0.25, -0.2) is 14.4 Å². The Kier molecular flexibility index (Phi) is 10.5. The summed E-state index contributed by atoms with van der Waals surface area (Å²) in [7, 11) is 2.54. The van der Waals surface area contributed by atoms with E-state index in [1.54, 1.807) is 62.4 Å². The molecule has 1 aliphatic heterocycles. The van der Waals surface area contributed by atoms with E-state index in [-0.39, 0.29) is 22.8 Å². The summed E-state index contributed by atoms with van der Waals surface area (Å²) in [6, 6.07) is 11.9. The second-order valence-electron chi connectivity index (χ2n) is 9.30. The first kappa shape index (κ1) is 31.9. The molecule has 0 saturated heterocycles. The number of methoxy groups -OCH3 is 2. The Hall–Kier alpha value is -5.01. The summed E-state index contributed by atoms with van der Waals surface area (Å²) in [5.41, 5.74) is 4.64. The fourth-order valence-corrected chi connectivity index (χ4v) is 4.59. The molecule has 0 saturated carbocycles. The van der Waals surface area contributed by atoms with E-state index in [0.29, 0.717) is 46.5 Å². The molecule has 0 aliphatic carbocycles. The van der Waals surface area contributed by atoms with Gasteiger partial charge in [0.05, 0.1) is 49.2 Å². The number of carbonyl (C=O) groups excluding carboxylic acids is 3. The van der Waals surface area contributed by atoms with Gasteiger partial charge in [-0.3, -0.25) is 5.43 Å². The zero-order valence-electron chi connectivity index (χ0n) is 24.3. The molecule has 14 heteroatoms. The first-order chi connectivity index (χ1) is 21.1. The number of amides is 2. The number of furan rings is 1. The minimum absolute atomic E-state index is 0.193. The average molecular weight is 627 g/mol. The van der Waals surface area contributed by atoms with E-state index in [1.165, 1.54) is 20.4 Å². The Bertz CT molecular complexity index is 1600. The summed E-state index contributed by atoms with van der Waals surface area (Å²) in [6.07, 6.45) is 0.180. The molecule has 232 valence electrons. The number of halogens is 1. The molecule has 0 bridgehead atoms. The van der Waals surface area contributed by atoms with Crippen LogP contribution in [0.5, 0.6) is 11.5 Å². The van der Waals surface area contributed by atoms with E-state index in [0.717, 1.165) is 0 Å². The smallest absolute Gasteiger partial charge is 0.339 e. The van der Waals surface area contributed by atoms with Gasteiger partial charge in [0.15, 0.2) is 17.7 Å². The van der Waals surface area contributed by atoms with Gasteiger partial charge in [-0.2, -0.15) is 5.10 Å². The molecule has 2 amide bonds. The minimum Gasteiger partial charge on any atom is -0.490 e. The normalized spacial score (nSPS) is 15.3. The lowest BCUT2D eigenvalue weighted by Crippen LogP contribution is -2.45. The van der Waals surface area contributed by atoms with Crippen molar-refractivity contribution in [1.29, 1.82) is 0 Å². The van der Waals surface area contributed by atoms with Crippen LogP contribution in [0.1, 0.15) is 41.6 Å². The lowest BCUT2D eigenvalue weighted by Gasteiger charge is -2.28. The molecular weight excluding hydrogens is 596 g/mol. The Morgan fingerprint density at radius 2 is 1.86 bits per heavy atom. The van der Waals surface area contributed by atoms with E-state index in [1.807, 2.05) is 0 Å². The average Bonchev–Trinajstić information content (AvgIpc) is 3.48. The number of urea groups is 1. The number of ether oxygens (including phenoxy) is 4. The van der Waals surface area contributed by atoms with Gasteiger partial charge in [0.25, 0.3) is 0 Å². The SMILES string of the molecule is CCOc1cc([C@H]2NC(=O)NC(C)=C2C(=O)OC)ccc1OC[C@H](O)N/N=C\c1ccc(-c2ccc(C(=O)OC)c(Cl)c2)o1. The summed E-state index contributed by atoms with van der Waals surface area (Å²) in [6.45, 7) is 3.53. The number of rotatable bonds is 12. The summed E-state index contributed by atoms with van der Waals surface area (Å²) >= 11 is 6.19. The first-order valence-corrected chi connectivity index (χ1v) is 13.7. The number of allylic oxidation sites excluding steroid dienone is 1. The van der Waals surface area contributed by atoms with Crippen molar-refractivity contribution < 1.29 is 42.9 Å². The van der Waals surface area contributed by atoms with Crippen LogP contribution in [0.2, 0.25) is 5.02 Å². The summed E-state index contributed by atoms with van der Waals surface area (Å²) in [5.74, 6) is 0.435. The number of benzene rings is 2. The molecule has 0 spiro atoms. The molecule has 2 heterocycles. The van der Waals surface area contributed by atoms with Gasteiger partial charge in [0, 0.05) is 11.3 Å². The quantitative estimate of drug-likeness (QED) is 0.100. The molecule has 2 atom stereocenters. The molecule has 4 rings (SSSR count). The van der Waals surface area contributed by atoms with Crippen LogP contribution >= 0.6 is 11.6 Å². The van der Waals surface area contributed by atoms with E-state index in [4.69, 9.17) is 35.0 Å². The number of nitrogens with one attached hydrogen (secondary N) is 3. The van der Waals surface area contributed by atoms with Crippen molar-refractivity contribution in [2.75, 3.05) is 27.4 Å². The second kappa shape index (κ2) is 14.4. The highest BCUT2D eigenvalue weighted by atomic mass is 35.5. The number of aliphatic hydroxyl groups is 1. The number of hydrogen-bond acceptors (Lipinski definition) is 11. The molecule has 4 N–H and O–H groups in total. The highest BCUT2D eigenvalue weighted by Crippen LogP contribution is 2.35. The number of esters is 2. The van der Waals surface area contributed by atoms with Crippen molar-refractivity contribution in [3.8, 4) is 22.8 Å². The van der Waals surface area contributed by atoms with Crippen LogP contribution in [-0.4, -0.2) is 63.0 Å². The van der Waals surface area contributed by atoms with Gasteiger partial charge in [-0.1, -0.05) is 23.7 Å². The van der Waals surface area contributed by atoms with Crippen LogP contribution in [0.3, 0.4) is 0 Å². The maximum absolute atomic E-state index is 12.4. The van der Waals surface area contributed by atoms with Crippen molar-refractivity contribution >= 4 is 35.8 Å². The van der Waals surface area contributed by atoms with Crippen molar-refractivity contribution in [2.24, 2.45) is 5.10 Å². The fourth-order valence-electron chi connectivity index (χ4n) is 4.33. The third-order valence-electron chi connectivity index (χ3n) is 6.37. The third-order valence-corrected chi connectivity index (χ3v) is 6.69. The molecule has 3 aromatic rings. The standard InChI is InChI=1S/C30H31ClN4O9/c1-5-42-24-13-18(27-26(29(38)41-4)16(2)33-30(39)34-27)7-10-23(24)43-15-25(36)35-32-14-19-8-11-22(44-19)17-6-9-20(21(31)12-17)28(37)40-3/h6-14,25,27,35-36H,5,15H2,1-4H3,(H2,33,34,39)/b32-14-/t25-,27+/m0/s1. The van der Waals surface area contributed by atoms with Gasteiger partial charge in [0.2, 0.25) is 0 Å². The van der Waals surface area contributed by atoms with E-state index < -0.39 is 30.2 Å². The van der Waals surface area contributed by atoms with Crippen molar-refractivity contribution in [1.82, 2.24) is 16.1 Å². The van der Waals surface area contributed by atoms with Crippen LogP contribution < -0.4 is 25.5 Å².